The second-order valence-corrected chi connectivity index (χ2v) is 7.89. The van der Waals surface area contributed by atoms with Gasteiger partial charge in [-0.15, -0.1) is 0 Å². The predicted molar refractivity (Wildman–Crippen MR) is 120 cm³/mol. The molecule has 0 bridgehead atoms. The summed E-state index contributed by atoms with van der Waals surface area (Å²) >= 11 is 0. The molecule has 1 saturated heterocycles. The second kappa shape index (κ2) is 10.6. The van der Waals surface area contributed by atoms with Crippen LogP contribution in [0.4, 0.5) is 13.2 Å². The number of imidazole rings is 1. The maximum Gasteiger partial charge on any atom is 0.490 e. The standard InChI is InChI=1S/C21H23N5O2.C2HF3O2/c1-13-14(2)25-20(24-13)19-9-15(4-6-23-19)16-8-17(11-22-10-16)21(27)26-7-5-18(12-26)28-3;3-2(4,5)1(6)7/h4,6,8-11,18H,5,7,12H2,1-3H3,(H,24,25);(H,6,7). The molecule has 1 atom stereocenters. The number of carboxylic acid groups (broad SMARTS) is 1. The number of aryl methyl sites for hydroxylation is 2. The third-order valence-corrected chi connectivity index (χ3v) is 5.46. The average molecular weight is 491 g/mol. The van der Waals surface area contributed by atoms with E-state index in [1.165, 1.54) is 0 Å². The Morgan fingerprint density at radius 2 is 1.91 bits per heavy atom. The van der Waals surface area contributed by atoms with Gasteiger partial charge in [-0.1, -0.05) is 0 Å². The minimum absolute atomic E-state index is 0.0135. The summed E-state index contributed by atoms with van der Waals surface area (Å²) in [5.74, 6) is -2.03. The number of halogens is 3. The quantitative estimate of drug-likeness (QED) is 0.571. The van der Waals surface area contributed by atoms with Gasteiger partial charge in [-0.05, 0) is 44.0 Å². The van der Waals surface area contributed by atoms with E-state index < -0.39 is 12.1 Å². The first-order chi connectivity index (χ1) is 16.5. The lowest BCUT2D eigenvalue weighted by Gasteiger charge is -2.16. The molecule has 4 rings (SSSR count). The van der Waals surface area contributed by atoms with Gasteiger partial charge < -0.3 is 19.7 Å². The third kappa shape index (κ3) is 6.41. The molecular weight excluding hydrogens is 467 g/mol. The maximum absolute atomic E-state index is 12.8. The molecular formula is C23H24F3N5O4. The first kappa shape index (κ1) is 25.8. The molecule has 1 fully saturated rings. The Bertz CT molecular complexity index is 1190. The normalized spacial score (nSPS) is 15.5. The van der Waals surface area contributed by atoms with Gasteiger partial charge >= 0.3 is 12.1 Å². The second-order valence-electron chi connectivity index (χ2n) is 7.89. The first-order valence-electron chi connectivity index (χ1n) is 10.6. The summed E-state index contributed by atoms with van der Waals surface area (Å²) in [7, 11) is 1.68. The number of methoxy groups -OCH3 is 1. The summed E-state index contributed by atoms with van der Waals surface area (Å²) in [4.78, 5) is 40.0. The number of carbonyl (C=O) groups excluding carboxylic acids is 1. The van der Waals surface area contributed by atoms with Crippen molar-refractivity contribution in [3.63, 3.8) is 0 Å². The van der Waals surface area contributed by atoms with Crippen molar-refractivity contribution in [1.29, 1.82) is 0 Å². The van der Waals surface area contributed by atoms with Gasteiger partial charge in [0, 0.05) is 50.0 Å². The number of ether oxygens (including phenoxy) is 1. The fourth-order valence-electron chi connectivity index (χ4n) is 3.41. The van der Waals surface area contributed by atoms with Crippen molar-refractivity contribution in [3.05, 3.63) is 53.7 Å². The molecule has 1 aliphatic rings. The largest absolute Gasteiger partial charge is 0.490 e. The average Bonchev–Trinajstić information content (AvgIpc) is 3.45. The fourth-order valence-corrected chi connectivity index (χ4v) is 3.41. The lowest BCUT2D eigenvalue weighted by molar-refractivity contribution is -0.192. The number of nitrogens with one attached hydrogen (secondary N) is 1. The summed E-state index contributed by atoms with van der Waals surface area (Å²) in [6, 6.07) is 5.75. The molecule has 186 valence electrons. The Labute approximate surface area is 199 Å². The Hall–Kier alpha value is -3.80. The Kier molecular flexibility index (Phi) is 7.85. The zero-order chi connectivity index (χ0) is 25.8. The zero-order valence-electron chi connectivity index (χ0n) is 19.3. The number of pyridine rings is 2. The number of aliphatic carboxylic acids is 1. The number of H-pyrrole nitrogens is 1. The van der Waals surface area contributed by atoms with Crippen LogP contribution in [-0.4, -0.2) is 74.3 Å². The molecule has 2 N–H and O–H groups in total. The van der Waals surface area contributed by atoms with E-state index in [4.69, 9.17) is 14.6 Å². The van der Waals surface area contributed by atoms with Crippen molar-refractivity contribution in [2.45, 2.75) is 32.5 Å². The molecule has 3 aromatic rings. The van der Waals surface area contributed by atoms with Crippen molar-refractivity contribution in [2.24, 2.45) is 0 Å². The van der Waals surface area contributed by atoms with Crippen LogP contribution in [0.2, 0.25) is 0 Å². The van der Waals surface area contributed by atoms with Crippen molar-refractivity contribution in [1.82, 2.24) is 24.8 Å². The van der Waals surface area contributed by atoms with Gasteiger partial charge in [0.05, 0.1) is 17.4 Å². The highest BCUT2D eigenvalue weighted by molar-refractivity contribution is 5.95. The maximum atomic E-state index is 12.8. The van der Waals surface area contributed by atoms with Crippen LogP contribution in [0.5, 0.6) is 0 Å². The molecule has 4 heterocycles. The molecule has 0 aromatic carbocycles. The van der Waals surface area contributed by atoms with E-state index in [2.05, 4.69) is 19.9 Å². The van der Waals surface area contributed by atoms with Crippen molar-refractivity contribution in [3.8, 4) is 22.6 Å². The topological polar surface area (TPSA) is 121 Å². The van der Waals surface area contributed by atoms with Crippen LogP contribution in [0, 0.1) is 13.8 Å². The van der Waals surface area contributed by atoms with Crippen LogP contribution in [0.15, 0.2) is 36.8 Å². The van der Waals surface area contributed by atoms with Gasteiger partial charge in [-0.25, -0.2) is 9.78 Å². The number of rotatable bonds is 4. The Balaban J connectivity index is 0.000000429. The van der Waals surface area contributed by atoms with Crippen LogP contribution in [0.1, 0.15) is 28.2 Å². The van der Waals surface area contributed by atoms with Gasteiger partial charge in [0.25, 0.3) is 5.91 Å². The van der Waals surface area contributed by atoms with Crippen LogP contribution in [0.3, 0.4) is 0 Å². The molecule has 9 nitrogen and oxygen atoms in total. The number of carboxylic acids is 1. The summed E-state index contributed by atoms with van der Waals surface area (Å²) in [5.41, 5.74) is 5.13. The van der Waals surface area contributed by atoms with Crippen molar-refractivity contribution >= 4 is 11.9 Å². The van der Waals surface area contributed by atoms with Crippen molar-refractivity contribution < 1.29 is 32.6 Å². The lowest BCUT2D eigenvalue weighted by atomic mass is 10.1. The smallest absolute Gasteiger partial charge is 0.475 e. The zero-order valence-corrected chi connectivity index (χ0v) is 19.3. The highest BCUT2D eigenvalue weighted by Gasteiger charge is 2.38. The fraction of sp³-hybridized carbons (Fsp3) is 0.348. The van der Waals surface area contributed by atoms with Crippen LogP contribution in [-0.2, 0) is 9.53 Å². The molecule has 0 spiro atoms. The van der Waals surface area contributed by atoms with Crippen LogP contribution >= 0.6 is 0 Å². The molecule has 1 aliphatic heterocycles. The number of hydrogen-bond donors (Lipinski definition) is 2. The molecule has 0 saturated carbocycles. The third-order valence-electron chi connectivity index (χ3n) is 5.46. The number of hydrogen-bond acceptors (Lipinski definition) is 6. The van der Waals surface area contributed by atoms with Gasteiger partial charge in [0.2, 0.25) is 0 Å². The molecule has 35 heavy (non-hydrogen) atoms. The first-order valence-corrected chi connectivity index (χ1v) is 10.6. The number of likely N-dealkylation sites (tertiary alicyclic amines) is 1. The Morgan fingerprint density at radius 1 is 1.20 bits per heavy atom. The molecule has 0 radical (unpaired) electrons. The molecule has 1 unspecified atom stereocenters. The number of aromatic amines is 1. The van der Waals surface area contributed by atoms with Crippen LogP contribution in [0.25, 0.3) is 22.6 Å². The summed E-state index contributed by atoms with van der Waals surface area (Å²) in [6.07, 6.45) is 1.02. The molecule has 0 aliphatic carbocycles. The number of nitrogens with zero attached hydrogens (tertiary/aromatic N) is 4. The molecule has 1 amide bonds. The highest BCUT2D eigenvalue weighted by Crippen LogP contribution is 2.25. The summed E-state index contributed by atoms with van der Waals surface area (Å²) in [5, 5.41) is 7.12. The molecule has 12 heteroatoms. The van der Waals surface area contributed by atoms with E-state index in [0.29, 0.717) is 18.7 Å². The number of amides is 1. The van der Waals surface area contributed by atoms with Gasteiger partial charge in [-0.3, -0.25) is 14.8 Å². The number of aromatic nitrogens is 4. The minimum atomic E-state index is -5.08. The summed E-state index contributed by atoms with van der Waals surface area (Å²) < 4.78 is 37.1. The summed E-state index contributed by atoms with van der Waals surface area (Å²) in [6.45, 7) is 5.28. The van der Waals surface area contributed by atoms with Crippen molar-refractivity contribution in [2.75, 3.05) is 20.2 Å². The minimum Gasteiger partial charge on any atom is -0.475 e. The van der Waals surface area contributed by atoms with Gasteiger partial charge in [-0.2, -0.15) is 13.2 Å². The van der Waals surface area contributed by atoms with E-state index in [-0.39, 0.29) is 12.0 Å². The van der Waals surface area contributed by atoms with E-state index >= 15 is 0 Å². The number of carbonyl (C=O) groups is 2. The monoisotopic (exact) mass is 491 g/mol. The van der Waals surface area contributed by atoms with E-state index in [1.54, 1.807) is 25.7 Å². The van der Waals surface area contributed by atoms with Gasteiger partial charge in [0.1, 0.15) is 5.69 Å². The Morgan fingerprint density at radius 3 is 2.49 bits per heavy atom. The van der Waals surface area contributed by atoms with E-state index in [0.717, 1.165) is 40.5 Å². The highest BCUT2D eigenvalue weighted by atomic mass is 19.4. The van der Waals surface area contributed by atoms with E-state index in [1.807, 2.05) is 36.9 Å². The molecule has 3 aromatic heterocycles. The SMILES string of the molecule is COC1CCN(C(=O)c2cncc(-c3ccnc(-c4nc(C)c(C)[nH]4)c3)c2)C1.O=C(O)C(F)(F)F. The van der Waals surface area contributed by atoms with E-state index in [9.17, 15) is 18.0 Å². The predicted octanol–water partition coefficient (Wildman–Crippen LogP) is 3.64. The van der Waals surface area contributed by atoms with Gasteiger partial charge in [0.15, 0.2) is 5.82 Å². The van der Waals surface area contributed by atoms with Crippen LogP contribution < -0.4 is 0 Å². The number of alkyl halides is 3. The lowest BCUT2D eigenvalue weighted by Crippen LogP contribution is -2.30.